The fourth-order valence-corrected chi connectivity index (χ4v) is 2.22. The molecule has 0 fully saturated rings. The number of carbonyl (C=O) groups is 2. The monoisotopic (exact) mass is 342 g/mol. The molecule has 132 valence electrons. The van der Waals surface area contributed by atoms with Gasteiger partial charge in [0.25, 0.3) is 5.91 Å². The fraction of sp³-hybridized carbons (Fsp3) is 0.263. The number of hydrogen-bond acceptors (Lipinski definition) is 4. The summed E-state index contributed by atoms with van der Waals surface area (Å²) >= 11 is 0. The number of rotatable bonds is 9. The average Bonchev–Trinajstić information content (AvgIpc) is 2.66. The second-order valence-electron chi connectivity index (χ2n) is 5.40. The molecule has 0 radical (unpaired) electrons. The summed E-state index contributed by atoms with van der Waals surface area (Å²) in [5.74, 6) is -0.0400. The molecule has 0 aliphatic heterocycles. The van der Waals surface area contributed by atoms with E-state index >= 15 is 0 Å². The van der Waals surface area contributed by atoms with E-state index in [2.05, 4.69) is 5.32 Å². The van der Waals surface area contributed by atoms with Gasteiger partial charge in [0.2, 0.25) is 5.91 Å². The van der Waals surface area contributed by atoms with Gasteiger partial charge in [0.15, 0.2) is 6.61 Å². The van der Waals surface area contributed by atoms with Gasteiger partial charge in [0.05, 0.1) is 13.2 Å². The molecule has 0 saturated heterocycles. The number of ether oxygens (including phenoxy) is 1. The van der Waals surface area contributed by atoms with Crippen molar-refractivity contribution in [1.29, 1.82) is 0 Å². The van der Waals surface area contributed by atoms with Crippen LogP contribution in [0.4, 0.5) is 0 Å². The lowest BCUT2D eigenvalue weighted by Gasteiger charge is -2.22. The summed E-state index contributed by atoms with van der Waals surface area (Å²) in [5, 5.41) is 11.7. The highest BCUT2D eigenvalue weighted by Crippen LogP contribution is 2.07. The molecule has 2 aromatic rings. The third-order valence-electron chi connectivity index (χ3n) is 3.49. The predicted octanol–water partition coefficient (Wildman–Crippen LogP) is 1.20. The zero-order valence-corrected chi connectivity index (χ0v) is 13.9. The van der Waals surface area contributed by atoms with E-state index < -0.39 is 0 Å². The minimum Gasteiger partial charge on any atom is -0.484 e. The Kier molecular flexibility index (Phi) is 7.46. The number of carbonyl (C=O) groups excluding carboxylic acids is 2. The Balaban J connectivity index is 1.78. The van der Waals surface area contributed by atoms with Gasteiger partial charge < -0.3 is 20.1 Å². The first-order valence-electron chi connectivity index (χ1n) is 8.06. The summed E-state index contributed by atoms with van der Waals surface area (Å²) < 4.78 is 5.33. The second kappa shape index (κ2) is 10.1. The molecule has 0 bridgehead atoms. The third kappa shape index (κ3) is 6.64. The summed E-state index contributed by atoms with van der Waals surface area (Å²) in [6, 6.07) is 18.5. The molecule has 0 heterocycles. The smallest absolute Gasteiger partial charge is 0.258 e. The normalized spacial score (nSPS) is 10.1. The number of amides is 2. The van der Waals surface area contributed by atoms with Crippen LogP contribution in [0.25, 0.3) is 0 Å². The minimum atomic E-state index is -0.374. The van der Waals surface area contributed by atoms with E-state index in [9.17, 15) is 9.59 Å². The van der Waals surface area contributed by atoms with Crippen LogP contribution in [0, 0.1) is 0 Å². The maximum Gasteiger partial charge on any atom is 0.258 e. The van der Waals surface area contributed by atoms with E-state index in [4.69, 9.17) is 9.84 Å². The van der Waals surface area contributed by atoms with Crippen molar-refractivity contribution < 1.29 is 19.4 Å². The summed E-state index contributed by atoms with van der Waals surface area (Å²) in [5.41, 5.74) is 0.961. The first-order valence-corrected chi connectivity index (χ1v) is 8.06. The van der Waals surface area contributed by atoms with Crippen molar-refractivity contribution in [3.05, 3.63) is 66.2 Å². The molecule has 2 N–H and O–H groups in total. The van der Waals surface area contributed by atoms with Crippen molar-refractivity contribution >= 4 is 11.8 Å². The van der Waals surface area contributed by atoms with Crippen LogP contribution in [0.15, 0.2) is 60.7 Å². The van der Waals surface area contributed by atoms with E-state index in [1.807, 2.05) is 48.5 Å². The van der Waals surface area contributed by atoms with Gasteiger partial charge in [-0.15, -0.1) is 0 Å². The molecule has 2 aromatic carbocycles. The zero-order chi connectivity index (χ0) is 17.9. The highest BCUT2D eigenvalue weighted by molar-refractivity contribution is 5.85. The Bertz CT molecular complexity index is 662. The van der Waals surface area contributed by atoms with Crippen molar-refractivity contribution in [1.82, 2.24) is 10.2 Å². The molecular weight excluding hydrogens is 320 g/mol. The van der Waals surface area contributed by atoms with Gasteiger partial charge in [0, 0.05) is 13.1 Å². The van der Waals surface area contributed by atoms with E-state index in [1.165, 1.54) is 4.90 Å². The predicted molar refractivity (Wildman–Crippen MR) is 93.9 cm³/mol. The molecule has 25 heavy (non-hydrogen) atoms. The highest BCUT2D eigenvalue weighted by Gasteiger charge is 2.14. The number of para-hydroxylation sites is 1. The SMILES string of the molecule is O=C(COc1ccccc1)NCC(=O)N(CCO)Cc1ccccc1. The molecule has 0 saturated carbocycles. The summed E-state index contributed by atoms with van der Waals surface area (Å²) in [4.78, 5) is 25.6. The van der Waals surface area contributed by atoms with Gasteiger partial charge in [-0.3, -0.25) is 9.59 Å². The number of nitrogens with zero attached hydrogens (tertiary/aromatic N) is 1. The van der Waals surface area contributed by atoms with E-state index in [0.717, 1.165) is 5.56 Å². The first kappa shape index (κ1) is 18.5. The fourth-order valence-electron chi connectivity index (χ4n) is 2.22. The van der Waals surface area contributed by atoms with Crippen LogP contribution in [-0.4, -0.2) is 48.1 Å². The second-order valence-corrected chi connectivity index (χ2v) is 5.40. The molecular formula is C19H22N2O4. The van der Waals surface area contributed by atoms with Crippen LogP contribution in [0.5, 0.6) is 5.75 Å². The molecule has 0 aliphatic carbocycles. The molecule has 0 spiro atoms. The van der Waals surface area contributed by atoms with E-state index in [0.29, 0.717) is 12.3 Å². The van der Waals surface area contributed by atoms with Gasteiger partial charge in [-0.2, -0.15) is 0 Å². The number of aliphatic hydroxyl groups is 1. The van der Waals surface area contributed by atoms with Crippen molar-refractivity contribution in [2.24, 2.45) is 0 Å². The van der Waals surface area contributed by atoms with Crippen LogP contribution >= 0.6 is 0 Å². The van der Waals surface area contributed by atoms with Gasteiger partial charge >= 0.3 is 0 Å². The Morgan fingerprint density at radius 2 is 1.64 bits per heavy atom. The topological polar surface area (TPSA) is 78.9 Å². The Morgan fingerprint density at radius 3 is 2.28 bits per heavy atom. The van der Waals surface area contributed by atoms with Gasteiger partial charge in [0.1, 0.15) is 5.75 Å². The molecule has 2 rings (SSSR count). The van der Waals surface area contributed by atoms with Crippen molar-refractivity contribution in [2.75, 3.05) is 26.3 Å². The largest absolute Gasteiger partial charge is 0.484 e. The molecule has 2 amide bonds. The van der Waals surface area contributed by atoms with Crippen LogP contribution in [0.1, 0.15) is 5.56 Å². The van der Waals surface area contributed by atoms with Gasteiger partial charge in [-0.25, -0.2) is 0 Å². The number of benzene rings is 2. The standard InChI is InChI=1S/C19H22N2O4/c22-12-11-21(14-16-7-3-1-4-8-16)19(24)13-20-18(23)15-25-17-9-5-2-6-10-17/h1-10,22H,11-15H2,(H,20,23). The molecule has 0 unspecified atom stereocenters. The Morgan fingerprint density at radius 1 is 1.00 bits per heavy atom. The van der Waals surface area contributed by atoms with Gasteiger partial charge in [-0.1, -0.05) is 48.5 Å². The van der Waals surface area contributed by atoms with Crippen molar-refractivity contribution in [3.63, 3.8) is 0 Å². The summed E-state index contributed by atoms with van der Waals surface area (Å²) in [6.07, 6.45) is 0. The zero-order valence-electron chi connectivity index (χ0n) is 13.9. The number of aliphatic hydroxyl groups excluding tert-OH is 1. The van der Waals surface area contributed by atoms with E-state index in [1.54, 1.807) is 12.1 Å². The molecule has 6 nitrogen and oxygen atoms in total. The van der Waals surface area contributed by atoms with Crippen LogP contribution in [0.3, 0.4) is 0 Å². The van der Waals surface area contributed by atoms with Crippen molar-refractivity contribution in [2.45, 2.75) is 6.54 Å². The number of nitrogens with one attached hydrogen (secondary N) is 1. The van der Waals surface area contributed by atoms with Gasteiger partial charge in [-0.05, 0) is 17.7 Å². The Labute approximate surface area is 147 Å². The first-order chi connectivity index (χ1) is 12.2. The quantitative estimate of drug-likeness (QED) is 0.718. The van der Waals surface area contributed by atoms with Crippen LogP contribution in [-0.2, 0) is 16.1 Å². The third-order valence-corrected chi connectivity index (χ3v) is 3.49. The molecule has 0 aromatic heterocycles. The highest BCUT2D eigenvalue weighted by atomic mass is 16.5. The lowest BCUT2D eigenvalue weighted by atomic mass is 10.2. The maximum absolute atomic E-state index is 12.3. The molecule has 6 heteroatoms. The van der Waals surface area contributed by atoms with Crippen LogP contribution in [0.2, 0.25) is 0 Å². The Hall–Kier alpha value is -2.86. The average molecular weight is 342 g/mol. The molecule has 0 atom stereocenters. The lowest BCUT2D eigenvalue weighted by Crippen LogP contribution is -2.42. The summed E-state index contributed by atoms with van der Waals surface area (Å²) in [6.45, 7) is 0.171. The number of hydrogen-bond donors (Lipinski definition) is 2. The minimum absolute atomic E-state index is 0.135. The van der Waals surface area contributed by atoms with Crippen LogP contribution < -0.4 is 10.1 Å². The summed E-state index contributed by atoms with van der Waals surface area (Å²) in [7, 11) is 0. The van der Waals surface area contributed by atoms with Crippen molar-refractivity contribution in [3.8, 4) is 5.75 Å². The molecule has 0 aliphatic rings. The lowest BCUT2D eigenvalue weighted by molar-refractivity contribution is -0.134. The van der Waals surface area contributed by atoms with E-state index in [-0.39, 0.29) is 38.1 Å². The maximum atomic E-state index is 12.3.